The van der Waals surface area contributed by atoms with Crippen molar-refractivity contribution in [2.24, 2.45) is 0 Å². The fourth-order valence-corrected chi connectivity index (χ4v) is 9.76. The third-order valence-corrected chi connectivity index (χ3v) is 14.8. The normalized spacial score (nSPS) is 19.4. The number of unbranched alkanes of at least 4 members (excludes halogenated alkanes) is 30. The first-order valence-corrected chi connectivity index (χ1v) is 32.2. The number of allylic oxidation sites excluding steroid dienone is 11. The Morgan fingerprint density at radius 3 is 1.41 bits per heavy atom. The number of esters is 1. The average molecular weight is 1100 g/mol. The van der Waals surface area contributed by atoms with Crippen LogP contribution in [-0.2, 0) is 23.8 Å². The summed E-state index contributed by atoms with van der Waals surface area (Å²) in [6, 6.07) is -1.03. The fourth-order valence-electron chi connectivity index (χ4n) is 9.76. The molecule has 1 heterocycles. The number of aliphatic hydroxyl groups excluding tert-OH is 5. The summed E-state index contributed by atoms with van der Waals surface area (Å²) in [5.41, 5.74) is 0. The Labute approximate surface area is 477 Å². The van der Waals surface area contributed by atoms with Gasteiger partial charge in [0.1, 0.15) is 24.4 Å². The van der Waals surface area contributed by atoms with Crippen LogP contribution in [0.2, 0.25) is 0 Å². The van der Waals surface area contributed by atoms with E-state index in [0.717, 1.165) is 89.9 Å². The highest BCUT2D eigenvalue weighted by atomic mass is 16.7. The first-order chi connectivity index (χ1) is 38.2. The highest BCUT2D eigenvalue weighted by Gasteiger charge is 2.47. The van der Waals surface area contributed by atoms with Crippen molar-refractivity contribution < 1.29 is 49.3 Å². The van der Waals surface area contributed by atoms with Crippen molar-refractivity contribution in [2.45, 2.75) is 327 Å². The molecule has 1 rings (SSSR count). The lowest BCUT2D eigenvalue weighted by Gasteiger charge is -2.41. The number of hydrogen-bond donors (Lipinski definition) is 6. The first-order valence-electron chi connectivity index (χ1n) is 32.2. The molecule has 8 atom stereocenters. The highest BCUT2D eigenvalue weighted by molar-refractivity contribution is 5.80. The number of hydrogen-bond acceptors (Lipinski definition) is 10. The monoisotopic (exact) mass is 1100 g/mol. The van der Waals surface area contributed by atoms with E-state index in [-0.39, 0.29) is 19.4 Å². The Hall–Kier alpha value is -2.90. The van der Waals surface area contributed by atoms with Crippen LogP contribution in [0.15, 0.2) is 72.9 Å². The minimum absolute atomic E-state index is 0.0960. The Morgan fingerprint density at radius 2 is 0.923 bits per heavy atom. The van der Waals surface area contributed by atoms with E-state index in [0.29, 0.717) is 12.8 Å². The standard InChI is InChI=1S/C67H119NO10/c1-4-7-10-13-16-19-22-25-27-28-29-30-31-32-33-34-36-39-42-45-48-51-54-60(71)66(75)68-58(59(70)53-50-47-44-41-38-35-24-21-18-15-12-9-6-3)57-76-67-65(64(74)63(73)61(56-69)77-67)78-62(72)55-52-49-46-43-40-37-26-23-20-17-14-11-8-5-2/h8,11,16-17,19-20,25-27,37,50,53,58-61,63-65,67,69-71,73-74H,4-7,9-10,12-15,18,21-24,28-36,38-49,51-52,54-57H2,1-3H3,(H,68,75)/b11-8+,19-16-,20-17+,27-25-,37-26+,53-50+. The van der Waals surface area contributed by atoms with Gasteiger partial charge in [-0.1, -0.05) is 254 Å². The quantitative estimate of drug-likeness (QED) is 0.0195. The van der Waals surface area contributed by atoms with Gasteiger partial charge < -0.3 is 45.1 Å². The van der Waals surface area contributed by atoms with Gasteiger partial charge >= 0.3 is 5.97 Å². The summed E-state index contributed by atoms with van der Waals surface area (Å²) >= 11 is 0. The molecule has 0 saturated carbocycles. The molecular weight excluding hydrogens is 979 g/mol. The second-order valence-electron chi connectivity index (χ2n) is 22.1. The smallest absolute Gasteiger partial charge is 0.306 e. The van der Waals surface area contributed by atoms with E-state index < -0.39 is 67.4 Å². The molecule has 1 saturated heterocycles. The molecule has 0 aliphatic carbocycles. The van der Waals surface area contributed by atoms with E-state index in [1.54, 1.807) is 6.08 Å². The van der Waals surface area contributed by atoms with Gasteiger partial charge in [0.15, 0.2) is 12.4 Å². The third-order valence-electron chi connectivity index (χ3n) is 14.8. The summed E-state index contributed by atoms with van der Waals surface area (Å²) in [5, 5.41) is 57.0. The zero-order valence-corrected chi connectivity index (χ0v) is 50.0. The number of ether oxygens (including phenoxy) is 3. The Bertz CT molecular complexity index is 1540. The van der Waals surface area contributed by atoms with E-state index in [1.165, 1.54) is 141 Å². The first kappa shape index (κ1) is 73.1. The van der Waals surface area contributed by atoms with Crippen LogP contribution in [0.1, 0.15) is 278 Å². The van der Waals surface area contributed by atoms with Gasteiger partial charge in [-0.05, 0) is 89.9 Å². The highest BCUT2D eigenvalue weighted by Crippen LogP contribution is 2.26. The van der Waals surface area contributed by atoms with Crippen molar-refractivity contribution in [2.75, 3.05) is 13.2 Å². The number of aliphatic hydroxyl groups is 5. The maximum absolute atomic E-state index is 13.5. The molecule has 0 aromatic heterocycles. The molecule has 8 unspecified atom stereocenters. The Morgan fingerprint density at radius 1 is 0.513 bits per heavy atom. The lowest BCUT2D eigenvalue weighted by Crippen LogP contribution is -2.61. The molecule has 1 fully saturated rings. The third kappa shape index (κ3) is 42.0. The molecule has 452 valence electrons. The molecule has 11 heteroatoms. The van der Waals surface area contributed by atoms with Gasteiger partial charge in [-0.3, -0.25) is 9.59 Å². The van der Waals surface area contributed by atoms with E-state index in [4.69, 9.17) is 14.2 Å². The van der Waals surface area contributed by atoms with E-state index in [9.17, 15) is 35.1 Å². The molecule has 0 spiro atoms. The number of rotatable bonds is 54. The van der Waals surface area contributed by atoms with Crippen molar-refractivity contribution in [1.82, 2.24) is 5.32 Å². The predicted molar refractivity (Wildman–Crippen MR) is 324 cm³/mol. The van der Waals surface area contributed by atoms with Crippen LogP contribution in [0.25, 0.3) is 0 Å². The van der Waals surface area contributed by atoms with Crippen LogP contribution in [0, 0.1) is 0 Å². The van der Waals surface area contributed by atoms with Gasteiger partial charge in [0.2, 0.25) is 5.91 Å². The summed E-state index contributed by atoms with van der Waals surface area (Å²) in [6.45, 7) is 5.65. The van der Waals surface area contributed by atoms with Crippen LogP contribution in [0.5, 0.6) is 0 Å². The zero-order valence-electron chi connectivity index (χ0n) is 50.0. The van der Waals surface area contributed by atoms with E-state index in [1.807, 2.05) is 6.08 Å². The Kier molecular flexibility index (Phi) is 51.3. The van der Waals surface area contributed by atoms with Crippen LogP contribution >= 0.6 is 0 Å². The van der Waals surface area contributed by atoms with Gasteiger partial charge in [0, 0.05) is 6.42 Å². The number of nitrogens with one attached hydrogen (secondary N) is 1. The van der Waals surface area contributed by atoms with E-state index in [2.05, 4.69) is 86.8 Å². The molecule has 1 aliphatic rings. The molecule has 0 aromatic carbocycles. The molecule has 78 heavy (non-hydrogen) atoms. The molecular formula is C67H119NO10. The van der Waals surface area contributed by atoms with Gasteiger partial charge in [0.25, 0.3) is 0 Å². The number of amides is 1. The summed E-state index contributed by atoms with van der Waals surface area (Å²) in [6.07, 6.45) is 59.4. The SMILES string of the molecule is CC/C=C/C/C=C/C/C=C/CCCCCCC(=O)OC1C(OCC(NC(=O)C(O)CCCCCCCCCCCCCC/C=C\C/C=C\CCCCC)C(O)/C=C/CCCCCCCCCCCCC)OC(CO)C(O)C1O. The lowest BCUT2D eigenvalue weighted by atomic mass is 9.99. The van der Waals surface area contributed by atoms with Crippen molar-refractivity contribution in [1.29, 1.82) is 0 Å². The maximum Gasteiger partial charge on any atom is 0.306 e. The summed E-state index contributed by atoms with van der Waals surface area (Å²) < 4.78 is 17.6. The van der Waals surface area contributed by atoms with Crippen LogP contribution in [0.4, 0.5) is 0 Å². The minimum Gasteiger partial charge on any atom is -0.454 e. The van der Waals surface area contributed by atoms with Gasteiger partial charge in [-0.15, -0.1) is 0 Å². The van der Waals surface area contributed by atoms with Gasteiger partial charge in [-0.25, -0.2) is 0 Å². The maximum atomic E-state index is 13.5. The molecule has 11 nitrogen and oxygen atoms in total. The topological polar surface area (TPSA) is 175 Å². The molecule has 0 radical (unpaired) electrons. The van der Waals surface area contributed by atoms with Crippen molar-refractivity contribution in [3.8, 4) is 0 Å². The second-order valence-corrected chi connectivity index (χ2v) is 22.1. The number of carbonyl (C=O) groups excluding carboxylic acids is 2. The van der Waals surface area contributed by atoms with Crippen molar-refractivity contribution >= 4 is 11.9 Å². The lowest BCUT2D eigenvalue weighted by molar-refractivity contribution is -0.305. The van der Waals surface area contributed by atoms with Gasteiger partial charge in [0.05, 0.1) is 25.4 Å². The molecule has 0 aromatic rings. The molecule has 1 aliphatic heterocycles. The second kappa shape index (κ2) is 54.7. The van der Waals surface area contributed by atoms with E-state index >= 15 is 0 Å². The van der Waals surface area contributed by atoms with Crippen LogP contribution in [0.3, 0.4) is 0 Å². The summed E-state index contributed by atoms with van der Waals surface area (Å²) in [5.74, 6) is -1.22. The predicted octanol–water partition coefficient (Wildman–Crippen LogP) is 15.6. The van der Waals surface area contributed by atoms with Gasteiger partial charge in [-0.2, -0.15) is 0 Å². The van der Waals surface area contributed by atoms with Crippen LogP contribution in [-0.4, -0.2) is 99.6 Å². The molecule has 0 bridgehead atoms. The van der Waals surface area contributed by atoms with Crippen LogP contribution < -0.4 is 5.32 Å². The van der Waals surface area contributed by atoms with Crippen molar-refractivity contribution in [3.63, 3.8) is 0 Å². The number of carbonyl (C=O) groups is 2. The zero-order chi connectivity index (χ0) is 56.8. The fraction of sp³-hybridized carbons (Fsp3) is 0.791. The summed E-state index contributed by atoms with van der Waals surface area (Å²) in [4.78, 5) is 26.6. The molecule has 1 amide bonds. The molecule has 6 N–H and O–H groups in total. The average Bonchev–Trinajstić information content (AvgIpc) is 3.46. The minimum atomic E-state index is -1.62. The van der Waals surface area contributed by atoms with Crippen molar-refractivity contribution in [3.05, 3.63) is 72.9 Å². The summed E-state index contributed by atoms with van der Waals surface area (Å²) in [7, 11) is 0. The Balaban J connectivity index is 2.65. The largest absolute Gasteiger partial charge is 0.454 e.